The predicted molar refractivity (Wildman–Crippen MR) is 138 cm³/mol. The summed E-state index contributed by atoms with van der Waals surface area (Å²) in [6, 6.07) is 0. The monoisotopic (exact) mass is 456 g/mol. The summed E-state index contributed by atoms with van der Waals surface area (Å²) in [5.74, 6) is -0.0124. The van der Waals surface area contributed by atoms with E-state index in [2.05, 4.69) is 6.92 Å². The highest BCUT2D eigenvalue weighted by Crippen LogP contribution is 2.14. The second kappa shape index (κ2) is 28.4. The SMILES string of the molecule is CCCCCCCCCCCCCCCCCOC(=O)CCCCCCCCCCCF. The smallest absolute Gasteiger partial charge is 0.305 e. The van der Waals surface area contributed by atoms with Crippen LogP contribution in [0.2, 0.25) is 0 Å². The molecule has 0 saturated heterocycles. The molecule has 0 saturated carbocycles. The average Bonchev–Trinajstić information content (AvgIpc) is 2.80. The van der Waals surface area contributed by atoms with Gasteiger partial charge in [-0.25, -0.2) is 0 Å². The zero-order valence-electron chi connectivity index (χ0n) is 21.8. The quantitative estimate of drug-likeness (QED) is 0.0907. The minimum atomic E-state index is -0.171. The molecule has 0 fully saturated rings. The number of halogens is 1. The molecular formula is C29H57FO2. The molecule has 0 amide bonds. The van der Waals surface area contributed by atoms with Gasteiger partial charge in [-0.3, -0.25) is 9.18 Å². The molecule has 2 nitrogen and oxygen atoms in total. The second-order valence-electron chi connectivity index (χ2n) is 9.79. The van der Waals surface area contributed by atoms with Crippen LogP contribution in [0.5, 0.6) is 0 Å². The number of ether oxygens (including phenoxy) is 1. The highest BCUT2D eigenvalue weighted by molar-refractivity contribution is 5.69. The molecule has 0 rings (SSSR count). The van der Waals surface area contributed by atoms with Crippen molar-refractivity contribution >= 4 is 5.97 Å². The first-order valence-electron chi connectivity index (χ1n) is 14.5. The van der Waals surface area contributed by atoms with Crippen LogP contribution in [-0.2, 0) is 9.53 Å². The number of hydrogen-bond acceptors (Lipinski definition) is 2. The summed E-state index contributed by atoms with van der Waals surface area (Å²) >= 11 is 0. The van der Waals surface area contributed by atoms with Gasteiger partial charge >= 0.3 is 5.97 Å². The van der Waals surface area contributed by atoms with Crippen LogP contribution in [0.3, 0.4) is 0 Å². The zero-order chi connectivity index (χ0) is 23.4. The van der Waals surface area contributed by atoms with Gasteiger partial charge in [0.15, 0.2) is 0 Å². The molecule has 0 aliphatic heterocycles. The Morgan fingerprint density at radius 3 is 1.25 bits per heavy atom. The third kappa shape index (κ3) is 27.4. The third-order valence-electron chi connectivity index (χ3n) is 6.53. The summed E-state index contributed by atoms with van der Waals surface area (Å²) in [6.07, 6.45) is 30.8. The molecule has 0 radical (unpaired) electrons. The van der Waals surface area contributed by atoms with Gasteiger partial charge < -0.3 is 4.74 Å². The molecule has 0 aromatic carbocycles. The van der Waals surface area contributed by atoms with E-state index in [0.29, 0.717) is 13.0 Å². The molecule has 0 aliphatic carbocycles. The number of carbonyl (C=O) groups excluding carboxylic acids is 1. The fourth-order valence-corrected chi connectivity index (χ4v) is 4.33. The fourth-order valence-electron chi connectivity index (χ4n) is 4.33. The standard InChI is InChI=1S/C29H57FO2/c1-2-3-4-5-6-7-8-9-10-11-12-16-19-22-25-28-32-29(31)26-23-20-17-14-13-15-18-21-24-27-30/h2-28H2,1H3. The summed E-state index contributed by atoms with van der Waals surface area (Å²) in [7, 11) is 0. The second-order valence-corrected chi connectivity index (χ2v) is 9.79. The van der Waals surface area contributed by atoms with Crippen molar-refractivity contribution in [3.8, 4) is 0 Å². The number of unbranched alkanes of at least 4 members (excludes halogenated alkanes) is 22. The maximum atomic E-state index is 12.0. The van der Waals surface area contributed by atoms with E-state index in [0.717, 1.165) is 38.5 Å². The van der Waals surface area contributed by atoms with E-state index in [1.807, 2.05) is 0 Å². The van der Waals surface area contributed by atoms with Crippen LogP contribution in [0.1, 0.15) is 167 Å². The summed E-state index contributed by atoms with van der Waals surface area (Å²) in [6.45, 7) is 2.72. The topological polar surface area (TPSA) is 26.3 Å². The van der Waals surface area contributed by atoms with Crippen molar-refractivity contribution in [2.24, 2.45) is 0 Å². The van der Waals surface area contributed by atoms with Gasteiger partial charge in [-0.1, -0.05) is 142 Å². The van der Waals surface area contributed by atoms with Crippen molar-refractivity contribution in [2.75, 3.05) is 13.3 Å². The minimum absolute atomic E-state index is 0.0124. The van der Waals surface area contributed by atoms with Gasteiger partial charge in [0, 0.05) is 6.42 Å². The number of esters is 1. The highest BCUT2D eigenvalue weighted by Gasteiger charge is 2.02. The van der Waals surface area contributed by atoms with E-state index in [1.54, 1.807) is 0 Å². The first kappa shape index (κ1) is 31.4. The minimum Gasteiger partial charge on any atom is -0.466 e. The highest BCUT2D eigenvalue weighted by atomic mass is 19.1. The molecule has 3 heteroatoms. The Bertz CT molecular complexity index is 359. The molecule has 0 N–H and O–H groups in total. The van der Waals surface area contributed by atoms with Crippen molar-refractivity contribution < 1.29 is 13.9 Å². The van der Waals surface area contributed by atoms with Crippen LogP contribution in [0.25, 0.3) is 0 Å². The maximum absolute atomic E-state index is 12.0. The number of alkyl halides is 1. The molecule has 0 aromatic rings. The van der Waals surface area contributed by atoms with E-state index < -0.39 is 0 Å². The van der Waals surface area contributed by atoms with Crippen molar-refractivity contribution in [3.63, 3.8) is 0 Å². The predicted octanol–water partition coefficient (Wildman–Crippen LogP) is 10.3. The van der Waals surface area contributed by atoms with E-state index >= 15 is 0 Å². The van der Waals surface area contributed by atoms with Crippen molar-refractivity contribution in [2.45, 2.75) is 167 Å². The Morgan fingerprint density at radius 1 is 0.500 bits per heavy atom. The average molecular weight is 457 g/mol. The Labute approximate surface area is 200 Å². The van der Waals surface area contributed by atoms with Crippen molar-refractivity contribution in [1.29, 1.82) is 0 Å². The van der Waals surface area contributed by atoms with Crippen LogP contribution >= 0.6 is 0 Å². The molecule has 0 bridgehead atoms. The van der Waals surface area contributed by atoms with E-state index in [9.17, 15) is 9.18 Å². The lowest BCUT2D eigenvalue weighted by Gasteiger charge is -2.06. The number of hydrogen-bond donors (Lipinski definition) is 0. The molecule has 0 heterocycles. The van der Waals surface area contributed by atoms with Crippen LogP contribution < -0.4 is 0 Å². The van der Waals surface area contributed by atoms with Gasteiger partial charge in [-0.05, 0) is 19.3 Å². The lowest BCUT2D eigenvalue weighted by molar-refractivity contribution is -0.143. The Kier molecular flexibility index (Phi) is 27.9. The van der Waals surface area contributed by atoms with E-state index in [4.69, 9.17) is 4.74 Å². The third-order valence-corrected chi connectivity index (χ3v) is 6.53. The Morgan fingerprint density at radius 2 is 0.844 bits per heavy atom. The molecule has 32 heavy (non-hydrogen) atoms. The van der Waals surface area contributed by atoms with E-state index in [-0.39, 0.29) is 12.6 Å². The van der Waals surface area contributed by atoms with Gasteiger partial charge in [0.1, 0.15) is 0 Å². The van der Waals surface area contributed by atoms with Crippen LogP contribution in [-0.4, -0.2) is 19.3 Å². The van der Waals surface area contributed by atoms with E-state index in [1.165, 1.54) is 116 Å². The van der Waals surface area contributed by atoms with Gasteiger partial charge in [-0.2, -0.15) is 0 Å². The largest absolute Gasteiger partial charge is 0.466 e. The molecular weight excluding hydrogens is 399 g/mol. The lowest BCUT2D eigenvalue weighted by atomic mass is 10.0. The normalized spacial score (nSPS) is 11.2. The molecule has 0 aliphatic rings. The van der Waals surface area contributed by atoms with Crippen LogP contribution in [0.15, 0.2) is 0 Å². The molecule has 0 aromatic heterocycles. The van der Waals surface area contributed by atoms with Gasteiger partial charge in [0.2, 0.25) is 0 Å². The van der Waals surface area contributed by atoms with Crippen LogP contribution in [0.4, 0.5) is 4.39 Å². The molecule has 0 unspecified atom stereocenters. The lowest BCUT2D eigenvalue weighted by Crippen LogP contribution is -2.05. The first-order valence-corrected chi connectivity index (χ1v) is 14.5. The fraction of sp³-hybridized carbons (Fsp3) is 0.966. The molecule has 0 spiro atoms. The first-order chi connectivity index (χ1) is 15.8. The number of rotatable bonds is 27. The summed E-state index contributed by atoms with van der Waals surface area (Å²) in [5, 5.41) is 0. The summed E-state index contributed by atoms with van der Waals surface area (Å²) in [5.41, 5.74) is 0. The maximum Gasteiger partial charge on any atom is 0.305 e. The molecule has 0 atom stereocenters. The Balaban J connectivity index is 3.13. The van der Waals surface area contributed by atoms with Crippen LogP contribution in [0, 0.1) is 0 Å². The van der Waals surface area contributed by atoms with Gasteiger partial charge in [0.05, 0.1) is 13.3 Å². The Hall–Kier alpha value is -0.600. The zero-order valence-corrected chi connectivity index (χ0v) is 21.8. The molecule has 192 valence electrons. The summed E-state index contributed by atoms with van der Waals surface area (Å²) in [4.78, 5) is 11.8. The van der Waals surface area contributed by atoms with Gasteiger partial charge in [-0.15, -0.1) is 0 Å². The van der Waals surface area contributed by atoms with Crippen molar-refractivity contribution in [3.05, 3.63) is 0 Å². The van der Waals surface area contributed by atoms with Gasteiger partial charge in [0.25, 0.3) is 0 Å². The number of carbonyl (C=O) groups is 1. The summed E-state index contributed by atoms with van der Waals surface area (Å²) < 4.78 is 17.3. The van der Waals surface area contributed by atoms with Crippen molar-refractivity contribution in [1.82, 2.24) is 0 Å².